The molecule has 6 nitrogen and oxygen atoms in total. The van der Waals surface area contributed by atoms with E-state index in [2.05, 4.69) is 21.2 Å². The van der Waals surface area contributed by atoms with Gasteiger partial charge in [-0.05, 0) is 49.1 Å². The van der Waals surface area contributed by atoms with Crippen LogP contribution in [0.25, 0.3) is 10.9 Å². The predicted octanol–water partition coefficient (Wildman–Crippen LogP) is 5.12. The minimum Gasteiger partial charge on any atom is -0.464 e. The molecule has 0 fully saturated rings. The van der Waals surface area contributed by atoms with Crippen LogP contribution in [0.15, 0.2) is 59.2 Å². The molecule has 168 valence electrons. The highest BCUT2D eigenvalue weighted by atomic mass is 79.9. The average Bonchev–Trinajstić information content (AvgIpc) is 3.11. The number of hydrogen-bond donors (Lipinski definition) is 2. The highest BCUT2D eigenvalue weighted by Gasteiger charge is 2.22. The summed E-state index contributed by atoms with van der Waals surface area (Å²) in [6, 6.07) is 14.9. The first kappa shape index (κ1) is 24.1. The molecule has 0 saturated heterocycles. The number of nitrogens with one attached hydrogen (secondary N) is 1. The SMILES string of the molecule is CC(=O)SCC(Cc1ccc(Br)cc1)C(=O)N[C@H](C)Cc1cn(C(=O)O)c2ccccc12. The molecule has 2 aromatic carbocycles. The Morgan fingerprint density at radius 3 is 2.44 bits per heavy atom. The summed E-state index contributed by atoms with van der Waals surface area (Å²) >= 11 is 4.57. The topological polar surface area (TPSA) is 88.4 Å². The molecule has 32 heavy (non-hydrogen) atoms. The van der Waals surface area contributed by atoms with Gasteiger partial charge < -0.3 is 10.4 Å². The Morgan fingerprint density at radius 2 is 1.78 bits per heavy atom. The second-order valence-electron chi connectivity index (χ2n) is 7.77. The summed E-state index contributed by atoms with van der Waals surface area (Å²) in [5.74, 6) is -0.0635. The molecule has 0 radical (unpaired) electrons. The molecule has 0 aliphatic rings. The molecule has 0 aliphatic heterocycles. The normalized spacial score (nSPS) is 13.0. The largest absolute Gasteiger partial charge is 0.464 e. The van der Waals surface area contributed by atoms with Crippen molar-refractivity contribution in [2.24, 2.45) is 5.92 Å². The molecule has 8 heteroatoms. The highest BCUT2D eigenvalue weighted by molar-refractivity contribution is 9.10. The Kier molecular flexibility index (Phi) is 8.15. The lowest BCUT2D eigenvalue weighted by Gasteiger charge is -2.20. The monoisotopic (exact) mass is 516 g/mol. The summed E-state index contributed by atoms with van der Waals surface area (Å²) in [5, 5.41) is 13.4. The van der Waals surface area contributed by atoms with Gasteiger partial charge in [0.25, 0.3) is 0 Å². The summed E-state index contributed by atoms with van der Waals surface area (Å²) < 4.78 is 2.17. The van der Waals surface area contributed by atoms with E-state index in [1.807, 2.05) is 43.3 Å². The van der Waals surface area contributed by atoms with E-state index in [0.29, 0.717) is 24.1 Å². The Balaban J connectivity index is 1.72. The summed E-state index contributed by atoms with van der Waals surface area (Å²) in [7, 11) is 0. The number of carboxylic acid groups (broad SMARTS) is 1. The van der Waals surface area contributed by atoms with Gasteiger partial charge in [-0.2, -0.15) is 0 Å². The fourth-order valence-corrected chi connectivity index (χ4v) is 4.63. The number of aromatic nitrogens is 1. The fourth-order valence-electron chi connectivity index (χ4n) is 3.66. The molecule has 0 bridgehead atoms. The lowest BCUT2D eigenvalue weighted by molar-refractivity contribution is -0.124. The van der Waals surface area contributed by atoms with Crippen molar-refractivity contribution < 1.29 is 19.5 Å². The van der Waals surface area contributed by atoms with Gasteiger partial charge in [0, 0.05) is 34.8 Å². The van der Waals surface area contributed by atoms with Crippen LogP contribution >= 0.6 is 27.7 Å². The number of amides is 1. The number of nitrogens with zero attached hydrogens (tertiary/aromatic N) is 1. The number of carbonyl (C=O) groups excluding carboxylic acids is 2. The number of rotatable bonds is 8. The third-order valence-corrected chi connectivity index (χ3v) is 6.67. The maximum Gasteiger partial charge on any atom is 0.416 e. The van der Waals surface area contributed by atoms with Crippen molar-refractivity contribution in [1.82, 2.24) is 9.88 Å². The van der Waals surface area contributed by atoms with Crippen LogP contribution in [-0.4, -0.2) is 38.6 Å². The Bertz CT molecular complexity index is 1130. The average molecular weight is 517 g/mol. The van der Waals surface area contributed by atoms with E-state index < -0.39 is 6.09 Å². The summed E-state index contributed by atoms with van der Waals surface area (Å²) in [4.78, 5) is 36.1. The Morgan fingerprint density at radius 1 is 1.09 bits per heavy atom. The molecular formula is C24H25BrN2O4S. The third kappa shape index (κ3) is 6.23. The maximum absolute atomic E-state index is 13.1. The van der Waals surface area contributed by atoms with Gasteiger partial charge in [-0.3, -0.25) is 14.2 Å². The number of halogens is 1. The number of benzene rings is 2. The quantitative estimate of drug-likeness (QED) is 0.433. The van der Waals surface area contributed by atoms with Crippen molar-refractivity contribution >= 4 is 55.7 Å². The third-order valence-electron chi connectivity index (χ3n) is 5.17. The van der Waals surface area contributed by atoms with Crippen LogP contribution in [0.3, 0.4) is 0 Å². The van der Waals surface area contributed by atoms with Crippen LogP contribution < -0.4 is 5.32 Å². The molecule has 0 saturated carbocycles. The first-order valence-corrected chi connectivity index (χ1v) is 12.0. The fraction of sp³-hybridized carbons (Fsp3) is 0.292. The van der Waals surface area contributed by atoms with Crippen molar-refractivity contribution in [3.63, 3.8) is 0 Å². The van der Waals surface area contributed by atoms with Crippen LogP contribution in [0.1, 0.15) is 25.0 Å². The minimum absolute atomic E-state index is 0.0202. The number of para-hydroxylation sites is 1. The van der Waals surface area contributed by atoms with Gasteiger partial charge in [-0.1, -0.05) is 58.0 Å². The van der Waals surface area contributed by atoms with Crippen molar-refractivity contribution in [2.75, 3.05) is 5.75 Å². The lowest BCUT2D eigenvalue weighted by atomic mass is 9.99. The second-order valence-corrected chi connectivity index (χ2v) is 9.88. The van der Waals surface area contributed by atoms with Crippen LogP contribution in [-0.2, 0) is 22.4 Å². The first-order chi connectivity index (χ1) is 15.2. The van der Waals surface area contributed by atoms with Crippen LogP contribution in [0.2, 0.25) is 0 Å². The molecule has 2 atom stereocenters. The summed E-state index contributed by atoms with van der Waals surface area (Å²) in [6.07, 6.45) is 1.60. The van der Waals surface area contributed by atoms with Crippen LogP contribution in [0, 0.1) is 5.92 Å². The highest BCUT2D eigenvalue weighted by Crippen LogP contribution is 2.23. The van der Waals surface area contributed by atoms with Gasteiger partial charge in [0.1, 0.15) is 0 Å². The molecular weight excluding hydrogens is 492 g/mol. The molecule has 1 amide bonds. The number of hydrogen-bond acceptors (Lipinski definition) is 4. The number of thioether (sulfide) groups is 1. The van der Waals surface area contributed by atoms with Gasteiger partial charge in [0.2, 0.25) is 5.91 Å². The van der Waals surface area contributed by atoms with E-state index in [4.69, 9.17) is 0 Å². The maximum atomic E-state index is 13.1. The zero-order valence-electron chi connectivity index (χ0n) is 17.9. The van der Waals surface area contributed by atoms with Crippen LogP contribution in [0.4, 0.5) is 4.79 Å². The van der Waals surface area contributed by atoms with Gasteiger partial charge in [-0.15, -0.1) is 0 Å². The summed E-state index contributed by atoms with van der Waals surface area (Å²) in [5.41, 5.74) is 2.51. The molecule has 1 aromatic heterocycles. The molecule has 1 unspecified atom stereocenters. The van der Waals surface area contributed by atoms with Crippen molar-refractivity contribution in [3.05, 3.63) is 70.3 Å². The van der Waals surface area contributed by atoms with Crippen molar-refractivity contribution in [2.45, 2.75) is 32.7 Å². The van der Waals surface area contributed by atoms with E-state index in [1.54, 1.807) is 18.3 Å². The standard InChI is InChI=1S/C24H25BrN2O4S/c1-15(11-18-13-27(24(30)31)22-6-4-3-5-21(18)22)26-23(29)19(14-32-16(2)28)12-17-7-9-20(25)10-8-17/h3-10,13,15,19H,11-12,14H2,1-2H3,(H,26,29)(H,30,31)/t15-,19?/m1/s1. The molecule has 0 spiro atoms. The number of fused-ring (bicyclic) bond motifs is 1. The second kappa shape index (κ2) is 10.8. The molecule has 1 heterocycles. The smallest absolute Gasteiger partial charge is 0.416 e. The van der Waals surface area contributed by atoms with E-state index in [0.717, 1.165) is 32.7 Å². The lowest BCUT2D eigenvalue weighted by Crippen LogP contribution is -2.40. The summed E-state index contributed by atoms with van der Waals surface area (Å²) in [6.45, 7) is 3.40. The van der Waals surface area contributed by atoms with E-state index in [1.165, 1.54) is 11.5 Å². The predicted molar refractivity (Wildman–Crippen MR) is 131 cm³/mol. The zero-order valence-corrected chi connectivity index (χ0v) is 20.3. The zero-order chi connectivity index (χ0) is 23.3. The van der Waals surface area contributed by atoms with E-state index >= 15 is 0 Å². The Labute approximate surface area is 199 Å². The van der Waals surface area contributed by atoms with Gasteiger partial charge in [0.15, 0.2) is 5.12 Å². The van der Waals surface area contributed by atoms with Gasteiger partial charge in [-0.25, -0.2) is 4.79 Å². The van der Waals surface area contributed by atoms with Crippen LogP contribution in [0.5, 0.6) is 0 Å². The minimum atomic E-state index is -1.04. The van der Waals surface area contributed by atoms with Crippen molar-refractivity contribution in [3.8, 4) is 0 Å². The van der Waals surface area contributed by atoms with Crippen molar-refractivity contribution in [1.29, 1.82) is 0 Å². The molecule has 2 N–H and O–H groups in total. The molecule has 3 aromatic rings. The Hall–Kier alpha value is -2.58. The molecule has 0 aliphatic carbocycles. The molecule has 3 rings (SSSR count). The number of carbonyl (C=O) groups is 3. The van der Waals surface area contributed by atoms with E-state index in [9.17, 15) is 19.5 Å². The first-order valence-electron chi connectivity index (χ1n) is 10.2. The van der Waals surface area contributed by atoms with Gasteiger partial charge >= 0.3 is 6.09 Å². The van der Waals surface area contributed by atoms with Gasteiger partial charge in [0.05, 0.1) is 11.4 Å². The van der Waals surface area contributed by atoms with E-state index in [-0.39, 0.29) is 23.0 Å².